The molecule has 4 N–H and O–H groups in total. The first-order valence-electron chi connectivity index (χ1n) is 6.10. The van der Waals surface area contributed by atoms with Gasteiger partial charge in [-0.05, 0) is 24.3 Å². The van der Waals surface area contributed by atoms with Gasteiger partial charge in [-0.3, -0.25) is 4.40 Å². The van der Waals surface area contributed by atoms with Crippen LogP contribution in [0.2, 0.25) is 4.34 Å². The van der Waals surface area contributed by atoms with E-state index in [0.29, 0.717) is 20.7 Å². The molecule has 0 saturated heterocycles. The molecule has 0 atom stereocenters. The van der Waals surface area contributed by atoms with Gasteiger partial charge in [0.15, 0.2) is 4.96 Å². The van der Waals surface area contributed by atoms with Crippen molar-refractivity contribution < 1.29 is 4.39 Å². The average molecular weight is 373 g/mol. The lowest BCUT2D eigenvalue weighted by atomic mass is 10.1. The summed E-state index contributed by atoms with van der Waals surface area (Å²) >= 11 is 7.32. The maximum absolute atomic E-state index is 13.1. The van der Waals surface area contributed by atoms with E-state index in [1.165, 1.54) is 29.7 Å². The first kappa shape index (κ1) is 17.2. The van der Waals surface area contributed by atoms with Gasteiger partial charge < -0.3 is 11.5 Å². The van der Waals surface area contributed by atoms with Crippen molar-refractivity contribution in [2.24, 2.45) is 21.7 Å². The molecule has 0 saturated carbocycles. The number of benzene rings is 1. The van der Waals surface area contributed by atoms with Crippen molar-refractivity contribution >= 4 is 52.5 Å². The van der Waals surface area contributed by atoms with Gasteiger partial charge in [0.1, 0.15) is 10.2 Å². The largest absolute Gasteiger partial charge is 0.369 e. The predicted octanol–water partition coefficient (Wildman–Crippen LogP) is 2.88. The Morgan fingerprint density at radius 3 is 2.65 bits per heavy atom. The molecule has 2 heterocycles. The number of nitrogens with zero attached hydrogens (tertiary/aromatic N) is 4. The second kappa shape index (κ2) is 6.95. The van der Waals surface area contributed by atoms with Gasteiger partial charge in [0.25, 0.3) is 0 Å². The lowest BCUT2D eigenvalue weighted by Gasteiger charge is -1.99. The van der Waals surface area contributed by atoms with Crippen LogP contribution >= 0.6 is 35.3 Å². The van der Waals surface area contributed by atoms with E-state index in [1.54, 1.807) is 22.7 Å². The third-order valence-electron chi connectivity index (χ3n) is 2.81. The van der Waals surface area contributed by atoms with Crippen molar-refractivity contribution in [1.82, 2.24) is 9.38 Å². The summed E-state index contributed by atoms with van der Waals surface area (Å²) in [5, 5.41) is 7.39. The summed E-state index contributed by atoms with van der Waals surface area (Å²) in [5.74, 6) is -0.466. The summed E-state index contributed by atoms with van der Waals surface area (Å²) in [7, 11) is 0. The molecule has 0 radical (unpaired) electrons. The van der Waals surface area contributed by atoms with Crippen LogP contribution in [0.1, 0.15) is 5.69 Å². The lowest BCUT2D eigenvalue weighted by Crippen LogP contribution is -2.21. The summed E-state index contributed by atoms with van der Waals surface area (Å²) in [6.07, 6.45) is 3.19. The standard InChI is InChI=1S/C13H10ClFN6S.ClH/c14-10-6-21-9(5-18-20-12(16)17)11(19-13(21)22-10)7-1-3-8(15)4-2-7;/h1-6H,(H4,16,17,20);1H/b18-5+;. The Kier molecular flexibility index (Phi) is 5.19. The molecule has 0 bridgehead atoms. The van der Waals surface area contributed by atoms with Gasteiger partial charge in [-0.25, -0.2) is 9.37 Å². The molecule has 0 aliphatic rings. The third kappa shape index (κ3) is 3.61. The Labute approximate surface area is 145 Å². The highest BCUT2D eigenvalue weighted by Gasteiger charge is 2.15. The van der Waals surface area contributed by atoms with E-state index in [4.69, 9.17) is 23.1 Å². The summed E-state index contributed by atoms with van der Waals surface area (Å²) in [5.41, 5.74) is 12.5. The summed E-state index contributed by atoms with van der Waals surface area (Å²) < 4.78 is 15.4. The molecule has 0 unspecified atom stereocenters. The van der Waals surface area contributed by atoms with Gasteiger partial charge in [-0.2, -0.15) is 5.10 Å². The maximum atomic E-state index is 13.1. The highest BCUT2D eigenvalue weighted by molar-refractivity contribution is 7.20. The maximum Gasteiger partial charge on any atom is 0.211 e. The molecule has 3 rings (SSSR count). The predicted molar refractivity (Wildman–Crippen MR) is 94.1 cm³/mol. The highest BCUT2D eigenvalue weighted by atomic mass is 35.5. The number of hydrogen-bond acceptors (Lipinski definition) is 4. The van der Waals surface area contributed by atoms with E-state index in [2.05, 4.69) is 15.2 Å². The van der Waals surface area contributed by atoms with E-state index >= 15 is 0 Å². The SMILES string of the molecule is Cl.NC(N)=N/N=C/c1c(-c2ccc(F)cc2)nc2sc(Cl)cn12. The van der Waals surface area contributed by atoms with Crippen LogP contribution in [-0.2, 0) is 0 Å². The minimum atomic E-state index is -0.316. The topological polar surface area (TPSA) is 94.1 Å². The molecule has 3 aromatic rings. The van der Waals surface area contributed by atoms with Crippen molar-refractivity contribution in [2.45, 2.75) is 0 Å². The Hall–Kier alpha value is -2.16. The fourth-order valence-corrected chi connectivity index (χ4v) is 2.95. The number of halogens is 3. The summed E-state index contributed by atoms with van der Waals surface area (Å²) in [4.78, 5) is 5.19. The van der Waals surface area contributed by atoms with Crippen LogP contribution in [0.15, 0.2) is 40.7 Å². The lowest BCUT2D eigenvalue weighted by molar-refractivity contribution is 0.628. The van der Waals surface area contributed by atoms with E-state index in [1.807, 2.05) is 0 Å². The number of imidazole rings is 1. The van der Waals surface area contributed by atoms with Gasteiger partial charge in [0.05, 0.1) is 17.6 Å². The highest BCUT2D eigenvalue weighted by Crippen LogP contribution is 2.29. The first-order chi connectivity index (χ1) is 10.5. The van der Waals surface area contributed by atoms with Gasteiger partial charge in [-0.1, -0.05) is 22.9 Å². The molecular formula is C13H11Cl2FN6S. The molecule has 10 heteroatoms. The second-order valence-corrected chi connectivity index (χ2v) is 5.95. The van der Waals surface area contributed by atoms with E-state index in [9.17, 15) is 4.39 Å². The Morgan fingerprint density at radius 2 is 2.00 bits per heavy atom. The van der Waals surface area contributed by atoms with Crippen molar-refractivity contribution in [3.63, 3.8) is 0 Å². The van der Waals surface area contributed by atoms with Gasteiger partial charge in [0, 0.05) is 11.8 Å². The van der Waals surface area contributed by atoms with E-state index in [0.717, 1.165) is 5.56 Å². The quantitative estimate of drug-likeness (QED) is 0.420. The van der Waals surface area contributed by atoms with Gasteiger partial charge in [-0.15, -0.1) is 17.5 Å². The molecule has 6 nitrogen and oxygen atoms in total. The number of fused-ring (bicyclic) bond motifs is 1. The summed E-state index contributed by atoms with van der Waals surface area (Å²) in [6.45, 7) is 0. The van der Waals surface area contributed by atoms with Crippen LogP contribution < -0.4 is 11.5 Å². The number of guanidine groups is 1. The number of hydrogen-bond donors (Lipinski definition) is 2. The zero-order valence-corrected chi connectivity index (χ0v) is 13.9. The number of thiazole rings is 1. The monoisotopic (exact) mass is 372 g/mol. The van der Waals surface area contributed by atoms with Crippen LogP contribution in [-0.4, -0.2) is 21.6 Å². The van der Waals surface area contributed by atoms with Crippen LogP contribution in [0.3, 0.4) is 0 Å². The molecule has 0 aliphatic heterocycles. The molecule has 0 spiro atoms. The number of rotatable bonds is 3. The molecule has 0 aliphatic carbocycles. The minimum absolute atomic E-state index is 0. The van der Waals surface area contributed by atoms with Crippen LogP contribution in [0.5, 0.6) is 0 Å². The molecule has 0 amide bonds. The van der Waals surface area contributed by atoms with Crippen LogP contribution in [0, 0.1) is 5.82 Å². The van der Waals surface area contributed by atoms with Crippen LogP contribution in [0.25, 0.3) is 16.2 Å². The number of aromatic nitrogens is 2. The smallest absolute Gasteiger partial charge is 0.211 e. The zero-order chi connectivity index (χ0) is 15.7. The Balaban J connectivity index is 0.00000192. The van der Waals surface area contributed by atoms with Crippen molar-refractivity contribution in [3.8, 4) is 11.3 Å². The van der Waals surface area contributed by atoms with E-state index < -0.39 is 0 Å². The average Bonchev–Trinajstić information content (AvgIpc) is 2.97. The molecule has 1 aromatic carbocycles. The number of nitrogens with two attached hydrogens (primary N) is 2. The fourth-order valence-electron chi connectivity index (χ4n) is 1.93. The van der Waals surface area contributed by atoms with Crippen molar-refractivity contribution in [1.29, 1.82) is 0 Å². The molecule has 23 heavy (non-hydrogen) atoms. The van der Waals surface area contributed by atoms with Crippen molar-refractivity contribution in [3.05, 3.63) is 46.3 Å². The Morgan fingerprint density at radius 1 is 1.30 bits per heavy atom. The minimum Gasteiger partial charge on any atom is -0.369 e. The molecule has 0 fully saturated rings. The normalized spacial score (nSPS) is 10.9. The first-order valence-corrected chi connectivity index (χ1v) is 7.29. The second-order valence-electron chi connectivity index (χ2n) is 4.31. The fraction of sp³-hybridized carbons (Fsp3) is 0. The van der Waals surface area contributed by atoms with Crippen LogP contribution in [0.4, 0.5) is 4.39 Å². The molecule has 120 valence electrons. The Bertz CT molecular complexity index is 880. The molecule has 2 aromatic heterocycles. The molecular weight excluding hydrogens is 362 g/mol. The van der Waals surface area contributed by atoms with E-state index in [-0.39, 0.29) is 24.2 Å². The third-order valence-corrected chi connectivity index (χ3v) is 3.91. The van der Waals surface area contributed by atoms with Crippen molar-refractivity contribution in [2.75, 3.05) is 0 Å². The summed E-state index contributed by atoms with van der Waals surface area (Å²) in [6, 6.07) is 6.02. The van der Waals surface area contributed by atoms with Gasteiger partial charge in [0.2, 0.25) is 5.96 Å². The van der Waals surface area contributed by atoms with Gasteiger partial charge >= 0.3 is 0 Å². The zero-order valence-electron chi connectivity index (χ0n) is 11.5.